The summed E-state index contributed by atoms with van der Waals surface area (Å²) in [6.07, 6.45) is 1.44. The minimum atomic E-state index is -0.422. The molecular weight excluding hydrogens is 222 g/mol. The first-order valence-electron chi connectivity index (χ1n) is 5.03. The van der Waals surface area contributed by atoms with Crippen LogP contribution in [0.3, 0.4) is 0 Å². The number of aromatic nitrogens is 1. The Morgan fingerprint density at radius 3 is 2.65 bits per heavy atom. The number of carbonyl (C=O) groups is 2. The van der Waals surface area contributed by atoms with E-state index >= 15 is 0 Å². The molecule has 1 rings (SSSR count). The average molecular weight is 237 g/mol. The number of likely N-dealkylation sites (N-methyl/N-ethyl adjacent to an activating group) is 1. The van der Waals surface area contributed by atoms with Gasteiger partial charge in [0, 0.05) is 12.7 Å². The van der Waals surface area contributed by atoms with Crippen LogP contribution in [-0.2, 0) is 16.1 Å². The monoisotopic (exact) mass is 237 g/mol. The lowest BCUT2D eigenvalue weighted by atomic mass is 10.2. The highest BCUT2D eigenvalue weighted by molar-refractivity contribution is 5.88. The molecule has 0 atom stereocenters. The number of methoxy groups -OCH3 is 1. The van der Waals surface area contributed by atoms with E-state index in [9.17, 15) is 9.59 Å². The maximum Gasteiger partial charge on any atom is 0.339 e. The third kappa shape index (κ3) is 4.20. The van der Waals surface area contributed by atoms with Crippen LogP contribution in [-0.4, -0.2) is 42.5 Å². The Morgan fingerprint density at radius 2 is 2.18 bits per heavy atom. The molecule has 1 aromatic rings. The lowest BCUT2D eigenvalue weighted by molar-refractivity contribution is -0.118. The van der Waals surface area contributed by atoms with E-state index in [-0.39, 0.29) is 6.54 Å². The van der Waals surface area contributed by atoms with E-state index in [0.717, 1.165) is 5.69 Å². The lowest BCUT2D eigenvalue weighted by Gasteiger charge is -2.13. The first-order chi connectivity index (χ1) is 8.02. The Balaban J connectivity index is 2.62. The van der Waals surface area contributed by atoms with Crippen molar-refractivity contribution in [2.24, 2.45) is 5.73 Å². The molecule has 6 nitrogen and oxygen atoms in total. The molecule has 0 spiro atoms. The van der Waals surface area contributed by atoms with Gasteiger partial charge in [0.2, 0.25) is 5.91 Å². The van der Waals surface area contributed by atoms with Gasteiger partial charge >= 0.3 is 5.97 Å². The van der Waals surface area contributed by atoms with Crippen LogP contribution in [0.15, 0.2) is 18.3 Å². The summed E-state index contributed by atoms with van der Waals surface area (Å²) in [5, 5.41) is 0. The molecule has 0 fully saturated rings. The van der Waals surface area contributed by atoms with Gasteiger partial charge in [-0.05, 0) is 19.2 Å². The number of esters is 1. The maximum absolute atomic E-state index is 11.2. The second-order valence-electron chi connectivity index (χ2n) is 3.67. The number of nitrogens with zero attached hydrogens (tertiary/aromatic N) is 2. The maximum atomic E-state index is 11.2. The van der Waals surface area contributed by atoms with Crippen molar-refractivity contribution in [2.75, 3.05) is 20.7 Å². The predicted molar refractivity (Wildman–Crippen MR) is 61.1 cm³/mol. The first-order valence-corrected chi connectivity index (χ1v) is 5.03. The van der Waals surface area contributed by atoms with Crippen molar-refractivity contribution in [3.63, 3.8) is 0 Å². The summed E-state index contributed by atoms with van der Waals surface area (Å²) in [4.78, 5) is 27.7. The second-order valence-corrected chi connectivity index (χ2v) is 3.67. The Labute approximate surface area is 99.4 Å². The highest BCUT2D eigenvalue weighted by atomic mass is 16.5. The smallest absolute Gasteiger partial charge is 0.339 e. The van der Waals surface area contributed by atoms with Gasteiger partial charge in [-0.3, -0.25) is 14.7 Å². The van der Waals surface area contributed by atoms with Crippen LogP contribution >= 0.6 is 0 Å². The van der Waals surface area contributed by atoms with Crippen molar-refractivity contribution < 1.29 is 14.3 Å². The third-order valence-electron chi connectivity index (χ3n) is 2.10. The van der Waals surface area contributed by atoms with E-state index in [1.165, 1.54) is 13.3 Å². The van der Waals surface area contributed by atoms with E-state index < -0.39 is 11.9 Å². The van der Waals surface area contributed by atoms with Gasteiger partial charge in [-0.1, -0.05) is 0 Å². The van der Waals surface area contributed by atoms with Gasteiger partial charge < -0.3 is 10.5 Å². The van der Waals surface area contributed by atoms with Crippen LogP contribution in [0.5, 0.6) is 0 Å². The van der Waals surface area contributed by atoms with Gasteiger partial charge in [-0.25, -0.2) is 4.79 Å². The quantitative estimate of drug-likeness (QED) is 0.716. The van der Waals surface area contributed by atoms with E-state index in [4.69, 9.17) is 5.73 Å². The molecule has 0 radical (unpaired) electrons. The number of hydrogen-bond acceptors (Lipinski definition) is 5. The van der Waals surface area contributed by atoms with E-state index in [1.54, 1.807) is 24.1 Å². The molecule has 1 aromatic heterocycles. The second kappa shape index (κ2) is 5.95. The Bertz CT molecular complexity index is 403. The van der Waals surface area contributed by atoms with Gasteiger partial charge in [0.25, 0.3) is 0 Å². The van der Waals surface area contributed by atoms with Crippen molar-refractivity contribution in [1.29, 1.82) is 0 Å². The van der Waals surface area contributed by atoms with E-state index in [0.29, 0.717) is 12.1 Å². The Morgan fingerprint density at radius 1 is 1.47 bits per heavy atom. The zero-order chi connectivity index (χ0) is 12.8. The summed E-state index contributed by atoms with van der Waals surface area (Å²) >= 11 is 0. The van der Waals surface area contributed by atoms with E-state index in [2.05, 4.69) is 9.72 Å². The zero-order valence-corrected chi connectivity index (χ0v) is 9.84. The van der Waals surface area contributed by atoms with Crippen LogP contribution in [0, 0.1) is 0 Å². The zero-order valence-electron chi connectivity index (χ0n) is 9.84. The molecule has 0 aliphatic heterocycles. The SMILES string of the molecule is COC(=O)c1ccc(CN(C)CC(N)=O)nc1. The van der Waals surface area contributed by atoms with Gasteiger partial charge in [-0.15, -0.1) is 0 Å². The van der Waals surface area contributed by atoms with Crippen molar-refractivity contribution in [2.45, 2.75) is 6.54 Å². The molecule has 1 heterocycles. The number of pyridine rings is 1. The topological polar surface area (TPSA) is 85.5 Å². The Kier molecular flexibility index (Phi) is 4.59. The van der Waals surface area contributed by atoms with E-state index in [1.807, 2.05) is 0 Å². The van der Waals surface area contributed by atoms with Crippen molar-refractivity contribution in [3.05, 3.63) is 29.6 Å². The molecule has 0 bridgehead atoms. The highest BCUT2D eigenvalue weighted by Crippen LogP contribution is 2.04. The number of ether oxygens (including phenoxy) is 1. The van der Waals surface area contributed by atoms with Gasteiger partial charge in [0.15, 0.2) is 0 Å². The molecular formula is C11H15N3O3. The fourth-order valence-electron chi connectivity index (χ4n) is 1.36. The molecule has 6 heteroatoms. The van der Waals surface area contributed by atoms with Crippen LogP contribution in [0.1, 0.15) is 16.1 Å². The predicted octanol–water partition coefficient (Wildman–Crippen LogP) is -0.215. The molecule has 0 unspecified atom stereocenters. The standard InChI is InChI=1S/C11H15N3O3/c1-14(7-10(12)15)6-9-4-3-8(5-13-9)11(16)17-2/h3-5H,6-7H2,1-2H3,(H2,12,15). The number of nitrogens with two attached hydrogens (primary N) is 1. The molecule has 1 amide bonds. The van der Waals surface area contributed by atoms with Gasteiger partial charge in [0.05, 0.1) is 24.9 Å². The van der Waals surface area contributed by atoms with Crippen molar-refractivity contribution in [1.82, 2.24) is 9.88 Å². The average Bonchev–Trinajstić information content (AvgIpc) is 2.28. The number of rotatable bonds is 5. The summed E-state index contributed by atoms with van der Waals surface area (Å²) in [5.41, 5.74) is 6.22. The van der Waals surface area contributed by atoms with Crippen LogP contribution in [0.25, 0.3) is 0 Å². The normalized spacial score (nSPS) is 10.3. The molecule has 92 valence electrons. The largest absolute Gasteiger partial charge is 0.465 e. The molecule has 17 heavy (non-hydrogen) atoms. The summed E-state index contributed by atoms with van der Waals surface area (Å²) in [5.74, 6) is -0.812. The number of primary amides is 1. The fraction of sp³-hybridized carbons (Fsp3) is 0.364. The minimum absolute atomic E-state index is 0.167. The molecule has 0 aliphatic carbocycles. The molecule has 0 saturated heterocycles. The molecule has 0 aromatic carbocycles. The lowest BCUT2D eigenvalue weighted by Crippen LogP contribution is -2.30. The van der Waals surface area contributed by atoms with Gasteiger partial charge in [-0.2, -0.15) is 0 Å². The Hall–Kier alpha value is -1.95. The van der Waals surface area contributed by atoms with Crippen LogP contribution in [0.4, 0.5) is 0 Å². The van der Waals surface area contributed by atoms with Crippen LogP contribution in [0.2, 0.25) is 0 Å². The number of amides is 1. The van der Waals surface area contributed by atoms with Crippen molar-refractivity contribution >= 4 is 11.9 Å². The number of hydrogen-bond donors (Lipinski definition) is 1. The highest BCUT2D eigenvalue weighted by Gasteiger charge is 2.07. The summed E-state index contributed by atoms with van der Waals surface area (Å²) in [7, 11) is 3.08. The van der Waals surface area contributed by atoms with Crippen LogP contribution < -0.4 is 5.73 Å². The van der Waals surface area contributed by atoms with Crippen molar-refractivity contribution in [3.8, 4) is 0 Å². The first kappa shape index (κ1) is 13.1. The van der Waals surface area contributed by atoms with Gasteiger partial charge in [0.1, 0.15) is 0 Å². The third-order valence-corrected chi connectivity index (χ3v) is 2.10. The summed E-state index contributed by atoms with van der Waals surface area (Å²) in [6, 6.07) is 3.34. The fourth-order valence-corrected chi connectivity index (χ4v) is 1.36. The summed E-state index contributed by atoms with van der Waals surface area (Å²) in [6.45, 7) is 0.658. The summed E-state index contributed by atoms with van der Waals surface area (Å²) < 4.78 is 4.56. The minimum Gasteiger partial charge on any atom is -0.465 e. The molecule has 0 saturated carbocycles. The number of carbonyl (C=O) groups excluding carboxylic acids is 2. The molecule has 2 N–H and O–H groups in total. The molecule has 0 aliphatic rings.